The molecule has 1 saturated heterocycles. The van der Waals surface area contributed by atoms with Gasteiger partial charge in [-0.15, -0.1) is 0 Å². The van der Waals surface area contributed by atoms with Gasteiger partial charge in [-0.2, -0.15) is 0 Å². The lowest BCUT2D eigenvalue weighted by Crippen LogP contribution is -2.57. The Morgan fingerprint density at radius 3 is 2.50 bits per heavy atom. The third-order valence-corrected chi connectivity index (χ3v) is 6.48. The summed E-state index contributed by atoms with van der Waals surface area (Å²) in [4.78, 5) is 39.1. The third-order valence-electron chi connectivity index (χ3n) is 6.07. The number of halogens is 1. The molecule has 7 heteroatoms. The highest BCUT2D eigenvalue weighted by atomic mass is 35.5. The van der Waals surface area contributed by atoms with Gasteiger partial charge in [0.05, 0.1) is 0 Å². The topological polar surface area (TPSA) is 71.4 Å². The quantitative estimate of drug-likeness (QED) is 0.583. The lowest BCUT2D eigenvalue weighted by atomic mass is 10.1. The average Bonchev–Trinajstić information content (AvgIpc) is 3.30. The van der Waals surface area contributed by atoms with Crippen LogP contribution in [0.1, 0.15) is 48.2 Å². The molecule has 6 nitrogen and oxygen atoms in total. The van der Waals surface area contributed by atoms with Crippen molar-refractivity contribution in [3.05, 3.63) is 57.4 Å². The van der Waals surface area contributed by atoms with E-state index in [0.29, 0.717) is 5.02 Å². The number of aryl methyl sites for hydroxylation is 1. The van der Waals surface area contributed by atoms with Gasteiger partial charge < -0.3 is 4.57 Å². The predicted molar refractivity (Wildman–Crippen MR) is 116 cm³/mol. The van der Waals surface area contributed by atoms with Gasteiger partial charge in [-0.3, -0.25) is 19.8 Å². The molecular weight excluding hydrogens is 402 g/mol. The Morgan fingerprint density at radius 2 is 1.80 bits per heavy atom. The van der Waals surface area contributed by atoms with Crippen LogP contribution >= 0.6 is 11.6 Å². The molecule has 30 heavy (non-hydrogen) atoms. The number of benzene rings is 1. The first-order chi connectivity index (χ1) is 14.3. The van der Waals surface area contributed by atoms with Crippen LogP contribution in [0.3, 0.4) is 0 Å². The summed E-state index contributed by atoms with van der Waals surface area (Å²) in [6.45, 7) is 5.86. The molecular formula is C23H24ClN3O3. The first-order valence-electron chi connectivity index (χ1n) is 10.1. The van der Waals surface area contributed by atoms with E-state index in [2.05, 4.69) is 9.88 Å². The van der Waals surface area contributed by atoms with Crippen molar-refractivity contribution < 1.29 is 14.4 Å². The maximum atomic E-state index is 13.1. The van der Waals surface area contributed by atoms with Crippen molar-refractivity contribution >= 4 is 35.5 Å². The van der Waals surface area contributed by atoms with Crippen LogP contribution < -0.4 is 5.32 Å². The van der Waals surface area contributed by atoms with E-state index in [1.807, 2.05) is 45.0 Å². The number of nitrogens with zero attached hydrogens (tertiary/aromatic N) is 2. The lowest BCUT2D eigenvalue weighted by Gasteiger charge is -2.31. The molecule has 1 aliphatic heterocycles. The van der Waals surface area contributed by atoms with Crippen molar-refractivity contribution in [2.24, 2.45) is 0 Å². The number of hydrogen-bond donors (Lipinski definition) is 1. The van der Waals surface area contributed by atoms with Gasteiger partial charge in [-0.05, 0) is 69.0 Å². The SMILES string of the molecule is Cc1c(Cl)cccc1-n1c(C)cc(/C=C2/C(=O)NC(=O)N(C3CCCC3)C2=O)c1C. The minimum Gasteiger partial charge on any atom is -0.318 e. The Labute approximate surface area is 180 Å². The molecule has 0 atom stereocenters. The summed E-state index contributed by atoms with van der Waals surface area (Å²) in [7, 11) is 0. The number of urea groups is 1. The van der Waals surface area contributed by atoms with Gasteiger partial charge in [0.25, 0.3) is 11.8 Å². The number of aromatic nitrogens is 1. The Hall–Kier alpha value is -2.86. The molecule has 1 N–H and O–H groups in total. The van der Waals surface area contributed by atoms with Gasteiger partial charge in [-0.25, -0.2) is 4.79 Å². The monoisotopic (exact) mass is 425 g/mol. The fourth-order valence-electron chi connectivity index (χ4n) is 4.46. The summed E-state index contributed by atoms with van der Waals surface area (Å²) in [6.07, 6.45) is 5.11. The van der Waals surface area contributed by atoms with Crippen molar-refractivity contribution in [2.45, 2.75) is 52.5 Å². The third kappa shape index (κ3) is 3.35. The zero-order chi connectivity index (χ0) is 21.6. The second-order valence-corrected chi connectivity index (χ2v) is 8.38. The molecule has 1 saturated carbocycles. The van der Waals surface area contributed by atoms with Gasteiger partial charge in [0, 0.05) is 28.1 Å². The van der Waals surface area contributed by atoms with Crippen LogP contribution in [0.15, 0.2) is 29.8 Å². The van der Waals surface area contributed by atoms with E-state index >= 15 is 0 Å². The van der Waals surface area contributed by atoms with E-state index in [1.165, 1.54) is 4.90 Å². The minimum absolute atomic E-state index is 0.00966. The number of hydrogen-bond acceptors (Lipinski definition) is 3. The van der Waals surface area contributed by atoms with E-state index in [9.17, 15) is 14.4 Å². The number of nitrogens with one attached hydrogen (secondary N) is 1. The van der Waals surface area contributed by atoms with Crippen LogP contribution in [0.25, 0.3) is 11.8 Å². The number of imide groups is 2. The fraction of sp³-hybridized carbons (Fsp3) is 0.348. The van der Waals surface area contributed by atoms with E-state index in [4.69, 9.17) is 11.6 Å². The molecule has 156 valence electrons. The predicted octanol–water partition coefficient (Wildman–Crippen LogP) is 4.46. The summed E-state index contributed by atoms with van der Waals surface area (Å²) in [5.41, 5.74) is 4.48. The Morgan fingerprint density at radius 1 is 1.10 bits per heavy atom. The van der Waals surface area contributed by atoms with E-state index < -0.39 is 17.8 Å². The van der Waals surface area contributed by atoms with Crippen molar-refractivity contribution in [2.75, 3.05) is 0 Å². The van der Waals surface area contributed by atoms with Crippen LogP contribution in [-0.4, -0.2) is 33.4 Å². The number of carbonyl (C=O) groups excluding carboxylic acids is 3. The van der Waals surface area contributed by atoms with Crippen molar-refractivity contribution in [1.82, 2.24) is 14.8 Å². The largest absolute Gasteiger partial charge is 0.331 e. The molecule has 4 rings (SSSR count). The van der Waals surface area contributed by atoms with Crippen molar-refractivity contribution in [3.63, 3.8) is 0 Å². The summed E-state index contributed by atoms with van der Waals surface area (Å²) in [6, 6.07) is 6.89. The highest BCUT2D eigenvalue weighted by Crippen LogP contribution is 2.30. The first kappa shape index (κ1) is 20.4. The lowest BCUT2D eigenvalue weighted by molar-refractivity contribution is -0.131. The van der Waals surface area contributed by atoms with Crippen LogP contribution in [0.2, 0.25) is 5.02 Å². The molecule has 2 fully saturated rings. The number of rotatable bonds is 3. The minimum atomic E-state index is -0.650. The zero-order valence-electron chi connectivity index (χ0n) is 17.3. The molecule has 4 amide bonds. The molecule has 2 heterocycles. The molecule has 0 spiro atoms. The highest BCUT2D eigenvalue weighted by molar-refractivity contribution is 6.32. The smallest absolute Gasteiger partial charge is 0.318 e. The second kappa shape index (κ2) is 7.76. The maximum Gasteiger partial charge on any atom is 0.331 e. The van der Waals surface area contributed by atoms with Gasteiger partial charge in [0.1, 0.15) is 5.57 Å². The fourth-order valence-corrected chi connectivity index (χ4v) is 4.63. The zero-order valence-corrected chi connectivity index (χ0v) is 18.0. The van der Waals surface area contributed by atoms with Crippen LogP contribution in [0, 0.1) is 20.8 Å². The normalized spacial score (nSPS) is 19.1. The van der Waals surface area contributed by atoms with Crippen LogP contribution in [-0.2, 0) is 9.59 Å². The number of amides is 4. The Balaban J connectivity index is 1.76. The number of carbonyl (C=O) groups is 3. The van der Waals surface area contributed by atoms with E-state index in [-0.39, 0.29) is 11.6 Å². The van der Waals surface area contributed by atoms with E-state index in [0.717, 1.165) is 53.9 Å². The van der Waals surface area contributed by atoms with Crippen molar-refractivity contribution in [3.8, 4) is 5.69 Å². The average molecular weight is 426 g/mol. The van der Waals surface area contributed by atoms with Gasteiger partial charge in [0.15, 0.2) is 0 Å². The molecule has 1 aliphatic carbocycles. The van der Waals surface area contributed by atoms with Gasteiger partial charge in [0.2, 0.25) is 0 Å². The maximum absolute atomic E-state index is 13.1. The summed E-state index contributed by atoms with van der Waals surface area (Å²) in [5.74, 6) is -1.16. The molecule has 0 unspecified atom stereocenters. The molecule has 1 aromatic carbocycles. The first-order valence-corrected chi connectivity index (χ1v) is 10.5. The molecule has 0 bridgehead atoms. The summed E-state index contributed by atoms with van der Waals surface area (Å²) < 4.78 is 2.05. The summed E-state index contributed by atoms with van der Waals surface area (Å²) >= 11 is 6.30. The van der Waals surface area contributed by atoms with Crippen LogP contribution in [0.5, 0.6) is 0 Å². The highest BCUT2D eigenvalue weighted by Gasteiger charge is 2.40. The number of barbiturate groups is 1. The van der Waals surface area contributed by atoms with Crippen molar-refractivity contribution in [1.29, 1.82) is 0 Å². The molecule has 0 radical (unpaired) electrons. The second-order valence-electron chi connectivity index (χ2n) is 7.98. The summed E-state index contributed by atoms with van der Waals surface area (Å²) in [5, 5.41) is 3.00. The van der Waals surface area contributed by atoms with E-state index in [1.54, 1.807) is 6.08 Å². The molecule has 1 aromatic heterocycles. The Bertz CT molecular complexity index is 1090. The van der Waals surface area contributed by atoms with Gasteiger partial charge in [-0.1, -0.05) is 30.5 Å². The van der Waals surface area contributed by atoms with Gasteiger partial charge >= 0.3 is 6.03 Å². The Kier molecular flexibility index (Phi) is 5.28. The molecule has 2 aliphatic rings. The molecule has 2 aromatic rings. The standard InChI is InChI=1S/C23H24ClN3O3/c1-13-11-16(15(3)26(13)20-10-6-9-19(24)14(20)2)12-18-21(28)25-23(30)27(22(18)29)17-7-4-5-8-17/h6,9-12,17H,4-5,7-8H2,1-3H3,(H,25,28,30)/b18-12-. The van der Waals surface area contributed by atoms with Crippen LogP contribution in [0.4, 0.5) is 4.79 Å².